The minimum absolute atomic E-state index is 0.0408. The summed E-state index contributed by atoms with van der Waals surface area (Å²) in [5, 5.41) is 9.50. The van der Waals surface area contributed by atoms with E-state index in [1.54, 1.807) is 12.1 Å². The van der Waals surface area contributed by atoms with Gasteiger partial charge in [0, 0.05) is 50.1 Å². The van der Waals surface area contributed by atoms with E-state index >= 15 is 0 Å². The lowest BCUT2D eigenvalue weighted by Crippen LogP contribution is -2.38. The van der Waals surface area contributed by atoms with Gasteiger partial charge in [0.2, 0.25) is 0 Å². The molecule has 2 heterocycles. The Morgan fingerprint density at radius 2 is 1.55 bits per heavy atom. The van der Waals surface area contributed by atoms with Gasteiger partial charge >= 0.3 is 5.97 Å². The van der Waals surface area contributed by atoms with E-state index in [1.807, 2.05) is 67.3 Å². The standard InChI is InChI=1S/C32H37FN2O5/c1-3-38-28-12-13-30(33)31(20-28)34-16-14-27(15-17-34)39-26-10-6-23(7-11-26)35-21-29(18-24(35)19-32(36)37)40-25-8-4-22(2)5-9-25/h4-13,20,24,27,29H,3,14-19,21H2,1-2H3,(H,36,37)/t24-,29-/m1/s1. The van der Waals surface area contributed by atoms with Crippen molar-refractivity contribution in [2.24, 2.45) is 0 Å². The number of hydrogen-bond acceptors (Lipinski definition) is 6. The quantitative estimate of drug-likeness (QED) is 0.329. The van der Waals surface area contributed by atoms with Crippen molar-refractivity contribution in [1.82, 2.24) is 0 Å². The van der Waals surface area contributed by atoms with Crippen molar-refractivity contribution in [2.75, 3.05) is 36.0 Å². The van der Waals surface area contributed by atoms with Crippen LogP contribution < -0.4 is 24.0 Å². The number of hydrogen-bond donors (Lipinski definition) is 1. The lowest BCUT2D eigenvalue weighted by molar-refractivity contribution is -0.137. The summed E-state index contributed by atoms with van der Waals surface area (Å²) in [6, 6.07) is 20.5. The van der Waals surface area contributed by atoms with Crippen molar-refractivity contribution in [1.29, 1.82) is 0 Å². The first-order valence-corrected chi connectivity index (χ1v) is 14.0. The first-order valence-electron chi connectivity index (χ1n) is 14.0. The van der Waals surface area contributed by atoms with E-state index in [4.69, 9.17) is 14.2 Å². The zero-order chi connectivity index (χ0) is 28.1. The van der Waals surface area contributed by atoms with Gasteiger partial charge in [-0.2, -0.15) is 0 Å². The van der Waals surface area contributed by atoms with Crippen molar-refractivity contribution in [2.45, 2.75) is 57.8 Å². The molecule has 212 valence electrons. The third kappa shape index (κ3) is 6.79. The van der Waals surface area contributed by atoms with E-state index in [9.17, 15) is 14.3 Å². The fourth-order valence-electron chi connectivity index (χ4n) is 5.59. The molecule has 3 aromatic rings. The monoisotopic (exact) mass is 548 g/mol. The van der Waals surface area contributed by atoms with Gasteiger partial charge in [0.15, 0.2) is 0 Å². The molecule has 0 aromatic heterocycles. The Morgan fingerprint density at radius 3 is 2.20 bits per heavy atom. The summed E-state index contributed by atoms with van der Waals surface area (Å²) in [5.41, 5.74) is 2.69. The maximum Gasteiger partial charge on any atom is 0.305 e. The summed E-state index contributed by atoms with van der Waals surface area (Å²) in [7, 11) is 0. The molecule has 0 amide bonds. The van der Waals surface area contributed by atoms with Gasteiger partial charge in [-0.25, -0.2) is 4.39 Å². The molecule has 2 aliphatic heterocycles. The van der Waals surface area contributed by atoms with Gasteiger partial charge in [0.25, 0.3) is 0 Å². The van der Waals surface area contributed by atoms with Crippen LogP contribution in [0.15, 0.2) is 66.7 Å². The predicted molar refractivity (Wildman–Crippen MR) is 153 cm³/mol. The molecule has 0 unspecified atom stereocenters. The summed E-state index contributed by atoms with van der Waals surface area (Å²) < 4.78 is 32.5. The molecular weight excluding hydrogens is 511 g/mol. The van der Waals surface area contributed by atoms with E-state index in [0.29, 0.717) is 44.1 Å². The Morgan fingerprint density at radius 1 is 0.925 bits per heavy atom. The number of carboxylic acid groups (broad SMARTS) is 1. The average Bonchev–Trinajstić information content (AvgIpc) is 3.33. The largest absolute Gasteiger partial charge is 0.494 e. The fraction of sp³-hybridized carbons (Fsp3) is 0.406. The average molecular weight is 549 g/mol. The third-order valence-corrected chi connectivity index (χ3v) is 7.59. The van der Waals surface area contributed by atoms with Crippen LogP contribution in [0.1, 0.15) is 38.2 Å². The van der Waals surface area contributed by atoms with Crippen LogP contribution in [0.4, 0.5) is 15.8 Å². The van der Waals surface area contributed by atoms with Crippen LogP contribution in [0, 0.1) is 12.7 Å². The van der Waals surface area contributed by atoms with Crippen LogP contribution >= 0.6 is 0 Å². The molecule has 0 radical (unpaired) electrons. The van der Waals surface area contributed by atoms with Gasteiger partial charge in [-0.3, -0.25) is 4.79 Å². The summed E-state index contributed by atoms with van der Waals surface area (Å²) in [5.74, 6) is 1.18. The molecule has 1 N–H and O–H groups in total. The first-order chi connectivity index (χ1) is 19.4. The van der Waals surface area contributed by atoms with Crippen molar-refractivity contribution in [3.63, 3.8) is 0 Å². The summed E-state index contributed by atoms with van der Waals surface area (Å²) in [4.78, 5) is 15.7. The molecule has 8 heteroatoms. The van der Waals surface area contributed by atoms with Gasteiger partial charge in [0.1, 0.15) is 35.3 Å². The maximum absolute atomic E-state index is 14.5. The molecule has 5 rings (SSSR count). The number of aliphatic carboxylic acids is 1. The van der Waals surface area contributed by atoms with Gasteiger partial charge in [-0.05, 0) is 62.4 Å². The molecule has 2 atom stereocenters. The highest BCUT2D eigenvalue weighted by molar-refractivity contribution is 5.69. The number of carbonyl (C=O) groups is 1. The minimum Gasteiger partial charge on any atom is -0.494 e. The fourth-order valence-corrected chi connectivity index (χ4v) is 5.59. The van der Waals surface area contributed by atoms with Gasteiger partial charge in [-0.15, -0.1) is 0 Å². The number of carboxylic acids is 1. The number of benzene rings is 3. The Kier molecular flexibility index (Phi) is 8.63. The SMILES string of the molecule is CCOc1ccc(F)c(N2CCC(Oc3ccc(N4C[C@H](Oc5ccc(C)cc5)C[C@@H]4CC(=O)O)cc3)CC2)c1. The lowest BCUT2D eigenvalue weighted by Gasteiger charge is -2.34. The Labute approximate surface area is 235 Å². The number of halogens is 1. The number of ether oxygens (including phenoxy) is 3. The van der Waals surface area contributed by atoms with Crippen LogP contribution in [0.3, 0.4) is 0 Å². The molecule has 2 fully saturated rings. The number of anilines is 2. The van der Waals surface area contributed by atoms with Gasteiger partial charge in [0.05, 0.1) is 25.3 Å². The van der Waals surface area contributed by atoms with Crippen molar-refractivity contribution >= 4 is 17.3 Å². The second-order valence-electron chi connectivity index (χ2n) is 10.5. The normalized spacial score (nSPS) is 19.5. The van der Waals surface area contributed by atoms with Crippen LogP contribution in [-0.2, 0) is 4.79 Å². The highest BCUT2D eigenvalue weighted by Crippen LogP contribution is 2.33. The zero-order valence-corrected chi connectivity index (χ0v) is 23.1. The van der Waals surface area contributed by atoms with E-state index in [0.717, 1.165) is 30.0 Å². The molecule has 0 spiro atoms. The highest BCUT2D eigenvalue weighted by Gasteiger charge is 2.35. The second kappa shape index (κ2) is 12.5. The summed E-state index contributed by atoms with van der Waals surface area (Å²) in [6.07, 6.45) is 2.21. The van der Waals surface area contributed by atoms with Crippen LogP contribution in [0.25, 0.3) is 0 Å². The summed E-state index contributed by atoms with van der Waals surface area (Å²) >= 11 is 0. The number of aryl methyl sites for hydroxylation is 1. The molecule has 0 saturated carbocycles. The molecular formula is C32H37FN2O5. The van der Waals surface area contributed by atoms with E-state index in [-0.39, 0.29) is 30.5 Å². The number of nitrogens with zero attached hydrogens (tertiary/aromatic N) is 2. The molecule has 7 nitrogen and oxygen atoms in total. The van der Waals surface area contributed by atoms with Crippen molar-refractivity contribution < 1.29 is 28.5 Å². The third-order valence-electron chi connectivity index (χ3n) is 7.59. The van der Waals surface area contributed by atoms with Crippen LogP contribution in [0.5, 0.6) is 17.2 Å². The number of rotatable bonds is 10. The highest BCUT2D eigenvalue weighted by atomic mass is 19.1. The van der Waals surface area contributed by atoms with Gasteiger partial charge < -0.3 is 29.1 Å². The smallest absolute Gasteiger partial charge is 0.305 e. The van der Waals surface area contributed by atoms with E-state index in [1.165, 1.54) is 11.6 Å². The minimum atomic E-state index is -0.818. The molecule has 0 aliphatic carbocycles. The topological polar surface area (TPSA) is 71.5 Å². The van der Waals surface area contributed by atoms with Crippen LogP contribution in [-0.4, -0.2) is 55.6 Å². The zero-order valence-electron chi connectivity index (χ0n) is 23.1. The maximum atomic E-state index is 14.5. The van der Waals surface area contributed by atoms with Gasteiger partial charge in [-0.1, -0.05) is 17.7 Å². The Bertz CT molecular complexity index is 1280. The van der Waals surface area contributed by atoms with Crippen molar-refractivity contribution in [3.8, 4) is 17.2 Å². The molecule has 0 bridgehead atoms. The first kappa shape index (κ1) is 27.6. The Hall–Kier alpha value is -3.94. The van der Waals surface area contributed by atoms with E-state index < -0.39 is 5.97 Å². The molecule has 40 heavy (non-hydrogen) atoms. The molecule has 2 aliphatic rings. The van der Waals surface area contributed by atoms with E-state index in [2.05, 4.69) is 4.90 Å². The predicted octanol–water partition coefficient (Wildman–Crippen LogP) is 6.08. The van der Waals surface area contributed by atoms with Crippen LogP contribution in [0.2, 0.25) is 0 Å². The Balaban J connectivity index is 1.18. The second-order valence-corrected chi connectivity index (χ2v) is 10.5. The van der Waals surface area contributed by atoms with Crippen molar-refractivity contribution in [3.05, 3.63) is 78.1 Å². The number of piperidine rings is 1. The molecule has 2 saturated heterocycles. The lowest BCUT2D eigenvalue weighted by atomic mass is 10.1. The molecule has 3 aromatic carbocycles. The summed E-state index contributed by atoms with van der Waals surface area (Å²) in [6.45, 7) is 6.50.